The number of hydrogen-bond donors (Lipinski definition) is 0. The molecule has 0 unspecified atom stereocenters. The summed E-state index contributed by atoms with van der Waals surface area (Å²) in [6, 6.07) is 0. The average molecular weight is 183 g/mol. The van der Waals surface area contributed by atoms with Crippen LogP contribution in [0.5, 0.6) is 0 Å². The Bertz CT molecular complexity index is 244. The summed E-state index contributed by atoms with van der Waals surface area (Å²) in [4.78, 5) is 10.1. The highest BCUT2D eigenvalue weighted by atomic mass is 35.5. The molecular weight excluding hydrogens is 176 g/mol. The van der Waals surface area contributed by atoms with Gasteiger partial charge in [-0.25, -0.2) is 0 Å². The van der Waals surface area contributed by atoms with Crippen molar-refractivity contribution in [3.8, 4) is 0 Å². The molecule has 0 radical (unpaired) electrons. The zero-order chi connectivity index (χ0) is 8.15. The van der Waals surface area contributed by atoms with Crippen LogP contribution in [-0.2, 0) is 15.1 Å². The Morgan fingerprint density at radius 1 is 1.50 bits per heavy atom. The van der Waals surface area contributed by atoms with E-state index in [1.54, 1.807) is 6.92 Å². The van der Waals surface area contributed by atoms with E-state index in [0.717, 1.165) is 0 Å². The summed E-state index contributed by atoms with van der Waals surface area (Å²) >= 11 is 4.95. The van der Waals surface area contributed by atoms with E-state index < -0.39 is 15.5 Å². The molecule has 3 nitrogen and oxygen atoms in total. The monoisotopic (exact) mass is 182 g/mol. The van der Waals surface area contributed by atoms with E-state index in [1.807, 2.05) is 0 Å². The second kappa shape index (κ2) is 4.46. The first kappa shape index (κ1) is 9.65. The Hall–Kier alpha value is -0.350. The van der Waals surface area contributed by atoms with Crippen LogP contribution in [0.15, 0.2) is 0 Å². The third-order valence-electron chi connectivity index (χ3n) is 0.897. The number of carbonyl (C=O) groups excluding carboxylic acids is 1. The van der Waals surface area contributed by atoms with Crippen LogP contribution in [0.3, 0.4) is 0 Å². The Morgan fingerprint density at radius 2 is 2.00 bits per heavy atom. The van der Waals surface area contributed by atoms with Gasteiger partial charge >= 0.3 is 0 Å². The fourth-order valence-corrected chi connectivity index (χ4v) is 1.26. The molecule has 0 atom stereocenters. The summed E-state index contributed by atoms with van der Waals surface area (Å²) in [5, 5.41) is -0.879. The molecule has 0 aromatic heterocycles. The molecule has 0 aliphatic rings. The van der Waals surface area contributed by atoms with E-state index in [4.69, 9.17) is 11.6 Å². The molecule has 58 valence electrons. The van der Waals surface area contributed by atoms with Crippen LogP contribution in [0.1, 0.15) is 19.8 Å². The molecule has 5 heteroatoms. The maximum absolute atomic E-state index is 10.3. The maximum Gasteiger partial charge on any atom is 0.263 e. The fourth-order valence-electron chi connectivity index (χ4n) is 0.474. The summed E-state index contributed by atoms with van der Waals surface area (Å²) in [6.45, 7) is 1.77. The predicted octanol–water partition coefficient (Wildman–Crippen LogP) is 0.603. The molecular formula is C5H7ClO3S. The number of rotatable bonds is 3. The first-order valence-electron chi connectivity index (χ1n) is 2.74. The van der Waals surface area contributed by atoms with Gasteiger partial charge in [0.2, 0.25) is 10.3 Å². The van der Waals surface area contributed by atoms with Crippen molar-refractivity contribution >= 4 is 32.0 Å². The van der Waals surface area contributed by atoms with Crippen LogP contribution in [0.25, 0.3) is 0 Å². The highest BCUT2D eigenvalue weighted by Crippen LogP contribution is 1.94. The average Bonchev–Trinajstić information content (AvgIpc) is 1.81. The molecule has 0 bridgehead atoms. The molecule has 0 heterocycles. The van der Waals surface area contributed by atoms with Gasteiger partial charge in [0.25, 0.3) is 5.24 Å². The van der Waals surface area contributed by atoms with E-state index in [1.165, 1.54) is 0 Å². The second-order valence-electron chi connectivity index (χ2n) is 1.68. The topological polar surface area (TPSA) is 51.2 Å². The molecule has 0 saturated heterocycles. The van der Waals surface area contributed by atoms with Crippen LogP contribution in [0, 0.1) is 0 Å². The standard InChI is InChI=1S/C5H7ClO3S/c1-2-3-4(5(6)7)10(8)9/h2-3H2,1H3. The summed E-state index contributed by atoms with van der Waals surface area (Å²) in [7, 11) is -2.45. The molecule has 0 rings (SSSR count). The SMILES string of the molecule is CCCC(C(=O)Cl)=S(=O)=O. The van der Waals surface area contributed by atoms with Crippen LogP contribution in [0.2, 0.25) is 0 Å². The maximum atomic E-state index is 10.3. The van der Waals surface area contributed by atoms with Crippen molar-refractivity contribution < 1.29 is 13.2 Å². The van der Waals surface area contributed by atoms with Crippen molar-refractivity contribution in [2.45, 2.75) is 19.8 Å². The van der Waals surface area contributed by atoms with Gasteiger partial charge in [-0.1, -0.05) is 13.3 Å². The minimum Gasteiger partial charge on any atom is -0.275 e. The lowest BCUT2D eigenvalue weighted by Gasteiger charge is -1.88. The third-order valence-corrected chi connectivity index (χ3v) is 2.03. The van der Waals surface area contributed by atoms with Crippen molar-refractivity contribution in [2.75, 3.05) is 0 Å². The third kappa shape index (κ3) is 2.98. The molecule has 0 aromatic rings. The predicted molar refractivity (Wildman–Crippen MR) is 39.7 cm³/mol. The number of hydrogen-bond acceptors (Lipinski definition) is 3. The first-order chi connectivity index (χ1) is 4.59. The van der Waals surface area contributed by atoms with Crippen LogP contribution in [-0.4, -0.2) is 18.5 Å². The van der Waals surface area contributed by atoms with E-state index in [-0.39, 0.29) is 11.3 Å². The lowest BCUT2D eigenvalue weighted by Crippen LogP contribution is -2.07. The summed E-state index contributed by atoms with van der Waals surface area (Å²) in [6.07, 6.45) is 0.820. The summed E-state index contributed by atoms with van der Waals surface area (Å²) in [5.74, 6) is 0. The molecule has 0 amide bonds. The smallest absolute Gasteiger partial charge is 0.263 e. The largest absolute Gasteiger partial charge is 0.275 e. The molecule has 10 heavy (non-hydrogen) atoms. The van der Waals surface area contributed by atoms with Gasteiger partial charge in [-0.05, 0) is 18.0 Å². The van der Waals surface area contributed by atoms with Gasteiger partial charge in [-0.15, -0.1) is 0 Å². The van der Waals surface area contributed by atoms with E-state index in [0.29, 0.717) is 6.42 Å². The molecule has 0 saturated carbocycles. The number of halogens is 1. The van der Waals surface area contributed by atoms with E-state index in [9.17, 15) is 13.2 Å². The second-order valence-corrected chi connectivity index (χ2v) is 2.99. The normalized spacial score (nSPS) is 9.00. The van der Waals surface area contributed by atoms with E-state index >= 15 is 0 Å². The number of carbonyl (C=O) groups is 1. The van der Waals surface area contributed by atoms with Gasteiger partial charge in [0, 0.05) is 0 Å². The van der Waals surface area contributed by atoms with Gasteiger partial charge in [-0.3, -0.25) is 4.79 Å². The molecule has 0 aliphatic heterocycles. The zero-order valence-electron chi connectivity index (χ0n) is 5.43. The van der Waals surface area contributed by atoms with Crippen molar-refractivity contribution in [1.29, 1.82) is 0 Å². The van der Waals surface area contributed by atoms with Gasteiger partial charge in [-0.2, -0.15) is 8.42 Å². The molecule has 0 aromatic carbocycles. The first-order valence-corrected chi connectivity index (χ1v) is 4.19. The van der Waals surface area contributed by atoms with Crippen molar-refractivity contribution in [3.05, 3.63) is 0 Å². The summed E-state index contributed by atoms with van der Waals surface area (Å²) in [5.41, 5.74) is 0. The highest BCUT2D eigenvalue weighted by Gasteiger charge is 2.07. The van der Waals surface area contributed by atoms with Crippen molar-refractivity contribution in [3.63, 3.8) is 0 Å². The van der Waals surface area contributed by atoms with Crippen molar-refractivity contribution in [2.24, 2.45) is 0 Å². The Kier molecular flexibility index (Phi) is 4.31. The van der Waals surface area contributed by atoms with Crippen molar-refractivity contribution in [1.82, 2.24) is 0 Å². The van der Waals surface area contributed by atoms with E-state index in [2.05, 4.69) is 0 Å². The van der Waals surface area contributed by atoms with Gasteiger partial charge in [0.05, 0.1) is 0 Å². The van der Waals surface area contributed by atoms with Gasteiger partial charge < -0.3 is 0 Å². The zero-order valence-corrected chi connectivity index (χ0v) is 7.00. The minimum atomic E-state index is -2.45. The van der Waals surface area contributed by atoms with Crippen LogP contribution < -0.4 is 0 Å². The lowest BCUT2D eigenvalue weighted by molar-refractivity contribution is -0.106. The molecule has 0 fully saturated rings. The Balaban J connectivity index is 4.63. The molecule has 0 N–H and O–H groups in total. The van der Waals surface area contributed by atoms with Crippen LogP contribution in [0.4, 0.5) is 0 Å². The lowest BCUT2D eigenvalue weighted by atomic mass is 10.3. The molecule has 0 aliphatic carbocycles. The quantitative estimate of drug-likeness (QED) is 0.475. The minimum absolute atomic E-state index is 0.221. The van der Waals surface area contributed by atoms with Gasteiger partial charge in [0.15, 0.2) is 0 Å². The Labute approximate surface area is 65.5 Å². The molecule has 0 spiro atoms. The Morgan fingerprint density at radius 3 is 2.10 bits per heavy atom. The highest BCUT2D eigenvalue weighted by molar-refractivity contribution is 7.75. The van der Waals surface area contributed by atoms with Gasteiger partial charge in [0.1, 0.15) is 4.86 Å². The fraction of sp³-hybridized carbons (Fsp3) is 0.600. The summed E-state index contributed by atoms with van der Waals surface area (Å²) < 4.78 is 20.4. The van der Waals surface area contributed by atoms with Crippen LogP contribution >= 0.6 is 11.6 Å².